The zero-order valence-electron chi connectivity index (χ0n) is 13.3. The number of nitrogens with zero attached hydrogens (tertiary/aromatic N) is 2. The summed E-state index contributed by atoms with van der Waals surface area (Å²) >= 11 is 0. The minimum Gasteiger partial charge on any atom is -0.778 e. The third-order valence-electron chi connectivity index (χ3n) is 3.13. The minimum absolute atomic E-state index is 0. The van der Waals surface area contributed by atoms with Gasteiger partial charge in [0.2, 0.25) is 0 Å². The van der Waals surface area contributed by atoms with E-state index in [1.54, 1.807) is 0 Å². The molecule has 0 bridgehead atoms. The quantitative estimate of drug-likeness (QED) is 0.380. The minimum atomic E-state index is -5.62. The monoisotopic (exact) mass is 382 g/mol. The summed E-state index contributed by atoms with van der Waals surface area (Å²) in [5, 5.41) is 18.7. The summed E-state index contributed by atoms with van der Waals surface area (Å²) in [4.78, 5) is 45.1. The molecule has 0 aromatic carbocycles. The summed E-state index contributed by atoms with van der Waals surface area (Å²) in [7, 11) is -5.62. The fourth-order valence-corrected chi connectivity index (χ4v) is 2.44. The maximum Gasteiger partial charge on any atom is 1.00 e. The number of ether oxygens (including phenoxy) is 1. The van der Waals surface area contributed by atoms with Gasteiger partial charge in [-0.05, 0) is 6.92 Å². The smallest absolute Gasteiger partial charge is 0.778 e. The van der Waals surface area contributed by atoms with Gasteiger partial charge in [0.1, 0.15) is 20.2 Å². The van der Waals surface area contributed by atoms with Gasteiger partial charge in [0.05, 0.1) is 12.7 Å². The number of hydrogen-bond donors (Lipinski definition) is 2. The van der Waals surface area contributed by atoms with E-state index in [1.807, 2.05) is 0 Å². The average Bonchev–Trinajstić information content (AvgIpc) is 2.79. The fraction of sp³-hybridized carbons (Fsp3) is 0.600. The number of aryl methyl sites for hydroxylation is 1. The number of hydrogen-bond acceptors (Lipinski definition) is 9. The molecular formula is C10H13N2Na2O9P. The van der Waals surface area contributed by atoms with Gasteiger partial charge < -0.3 is 33.9 Å². The summed E-state index contributed by atoms with van der Waals surface area (Å²) in [6.07, 6.45) is -2.01. The van der Waals surface area contributed by atoms with Gasteiger partial charge in [-0.2, -0.15) is 0 Å². The zero-order chi connectivity index (χ0) is 16.7. The Balaban J connectivity index is 0.00000264. The van der Waals surface area contributed by atoms with Crippen LogP contribution < -0.4 is 84.8 Å². The zero-order valence-corrected chi connectivity index (χ0v) is 18.2. The average molecular weight is 382 g/mol. The van der Waals surface area contributed by atoms with Gasteiger partial charge >= 0.3 is 64.8 Å². The van der Waals surface area contributed by atoms with Gasteiger partial charge in [-0.25, -0.2) is 4.79 Å². The van der Waals surface area contributed by atoms with Crippen LogP contribution in [0.5, 0.6) is 0 Å². The molecule has 1 aromatic rings. The third-order valence-corrected chi connectivity index (χ3v) is 3.49. The molecule has 11 nitrogen and oxygen atoms in total. The van der Waals surface area contributed by atoms with E-state index >= 15 is 0 Å². The Morgan fingerprint density at radius 2 is 2.00 bits per heavy atom. The molecule has 1 aliphatic heterocycles. The second-order valence-electron chi connectivity index (χ2n) is 4.75. The molecule has 1 saturated heterocycles. The molecule has 3 atom stereocenters. The number of aliphatic hydroxyl groups excluding tert-OH is 2. The predicted octanol–water partition coefficient (Wildman–Crippen LogP) is -9.78. The van der Waals surface area contributed by atoms with Crippen LogP contribution in [-0.2, 0) is 9.30 Å². The number of phosphoric acid groups is 1. The maximum atomic E-state index is 12.1. The third kappa shape index (κ3) is 5.50. The Kier molecular flexibility index (Phi) is 9.65. The van der Waals surface area contributed by atoms with Gasteiger partial charge in [-0.15, -0.1) is 0 Å². The van der Waals surface area contributed by atoms with E-state index in [9.17, 15) is 29.0 Å². The van der Waals surface area contributed by atoms with Gasteiger partial charge in [0, 0.05) is 18.2 Å². The van der Waals surface area contributed by atoms with Crippen molar-refractivity contribution in [2.75, 3.05) is 6.61 Å². The first-order chi connectivity index (χ1) is 10.1. The van der Waals surface area contributed by atoms with Crippen LogP contribution in [0.2, 0.25) is 0 Å². The summed E-state index contributed by atoms with van der Waals surface area (Å²) < 4.78 is 20.4. The number of aliphatic hydroxyl groups is 2. The Bertz CT molecular complexity index is 730. The molecule has 1 aliphatic rings. The van der Waals surface area contributed by atoms with Crippen LogP contribution in [0.3, 0.4) is 0 Å². The van der Waals surface area contributed by atoms with Crippen LogP contribution in [-0.4, -0.2) is 38.3 Å². The summed E-state index contributed by atoms with van der Waals surface area (Å²) in [5.41, 5.74) is -2.44. The van der Waals surface area contributed by atoms with Crippen molar-refractivity contribution >= 4 is 7.82 Å². The molecule has 0 spiro atoms. The fourth-order valence-electron chi connectivity index (χ4n) is 2.10. The maximum absolute atomic E-state index is 12.1. The molecule has 0 aliphatic carbocycles. The first kappa shape index (κ1) is 24.5. The molecule has 0 saturated carbocycles. The van der Waals surface area contributed by atoms with E-state index < -0.39 is 44.1 Å². The molecule has 2 rings (SSSR count). The van der Waals surface area contributed by atoms with E-state index in [0.717, 1.165) is 10.8 Å². The van der Waals surface area contributed by atoms with Gasteiger partial charge in [0.25, 0.3) is 5.56 Å². The van der Waals surface area contributed by atoms with E-state index in [-0.39, 0.29) is 75.8 Å². The molecule has 1 aromatic heterocycles. The second kappa shape index (κ2) is 9.45. The molecule has 124 valence electrons. The molecule has 1 fully saturated rings. The molecule has 14 heteroatoms. The predicted molar refractivity (Wildman–Crippen MR) is 65.5 cm³/mol. The first-order valence-corrected chi connectivity index (χ1v) is 7.61. The largest absolute Gasteiger partial charge is 1.00 e. The SMILES string of the molecule is Cc1cn([C@H]2C[C@H](O)[C@@H](CO)O2)c(=O)n(OP(=O)([O-])[O-])c1=O.[Na+].[Na+]. The summed E-state index contributed by atoms with van der Waals surface area (Å²) in [5.74, 6) is 0. The van der Waals surface area contributed by atoms with Crippen LogP contribution >= 0.6 is 7.82 Å². The molecule has 0 radical (unpaired) electrons. The van der Waals surface area contributed by atoms with Crippen molar-refractivity contribution in [3.63, 3.8) is 0 Å². The molecule has 0 amide bonds. The standard InChI is InChI=1S/C10H15N2O9P.2Na/c1-5-3-11(8-2-6(14)7(4-13)20-8)10(16)12(9(5)15)21-22(17,18)19;;/h3,6-8,13-14H,2,4H2,1H3,(H2,17,18,19);;/q;2*+1/p-2/t6-,7+,8+;;/m0../s1. The van der Waals surface area contributed by atoms with Crippen molar-refractivity contribution in [3.8, 4) is 0 Å². The van der Waals surface area contributed by atoms with Gasteiger partial charge in [0.15, 0.2) is 0 Å². The Hall–Kier alpha value is 0.510. The summed E-state index contributed by atoms with van der Waals surface area (Å²) in [6, 6.07) is 0. The summed E-state index contributed by atoms with van der Waals surface area (Å²) in [6.45, 7) is 0.783. The van der Waals surface area contributed by atoms with Gasteiger partial charge in [-0.1, -0.05) is 4.73 Å². The van der Waals surface area contributed by atoms with Crippen LogP contribution in [0.1, 0.15) is 18.2 Å². The van der Waals surface area contributed by atoms with Crippen LogP contribution in [0.15, 0.2) is 15.8 Å². The first-order valence-electron chi connectivity index (χ1n) is 6.15. The van der Waals surface area contributed by atoms with E-state index in [0.29, 0.717) is 0 Å². The number of aromatic nitrogens is 2. The number of rotatable bonds is 4. The van der Waals surface area contributed by atoms with Crippen molar-refractivity contribution in [2.45, 2.75) is 31.8 Å². The van der Waals surface area contributed by atoms with Crippen molar-refractivity contribution in [3.05, 3.63) is 32.6 Å². The van der Waals surface area contributed by atoms with E-state index in [4.69, 9.17) is 9.84 Å². The second-order valence-corrected chi connectivity index (χ2v) is 5.80. The Labute approximate surface area is 180 Å². The normalized spacial score (nSPS) is 23.3. The van der Waals surface area contributed by atoms with E-state index in [2.05, 4.69) is 4.62 Å². The Morgan fingerprint density at radius 3 is 2.46 bits per heavy atom. The molecule has 0 unspecified atom stereocenters. The van der Waals surface area contributed by atoms with Crippen molar-refractivity contribution < 1.29 is 93.0 Å². The topological polar surface area (TPSA) is 166 Å². The van der Waals surface area contributed by atoms with E-state index in [1.165, 1.54) is 6.92 Å². The molecule has 2 heterocycles. The van der Waals surface area contributed by atoms with Crippen molar-refractivity contribution in [2.24, 2.45) is 0 Å². The molecular weight excluding hydrogens is 369 g/mol. The van der Waals surface area contributed by atoms with Crippen molar-refractivity contribution in [1.29, 1.82) is 0 Å². The van der Waals surface area contributed by atoms with Crippen molar-refractivity contribution in [1.82, 2.24) is 9.30 Å². The van der Waals surface area contributed by atoms with Crippen LogP contribution in [0.25, 0.3) is 0 Å². The molecule has 24 heavy (non-hydrogen) atoms. The Morgan fingerprint density at radius 1 is 1.42 bits per heavy atom. The van der Waals surface area contributed by atoms with Crippen LogP contribution in [0, 0.1) is 6.92 Å². The van der Waals surface area contributed by atoms with Gasteiger partial charge in [-0.3, -0.25) is 9.36 Å². The molecule has 2 N–H and O–H groups in total. The van der Waals surface area contributed by atoms with Crippen LogP contribution in [0.4, 0.5) is 0 Å².